The normalized spacial score (nSPS) is 17.1. The lowest BCUT2D eigenvalue weighted by atomic mass is 9.80. The number of benzene rings is 4. The van der Waals surface area contributed by atoms with Gasteiger partial charge in [0.05, 0.1) is 33.0 Å². The van der Waals surface area contributed by atoms with Crippen molar-refractivity contribution in [3.05, 3.63) is 165 Å². The van der Waals surface area contributed by atoms with Crippen LogP contribution < -0.4 is 20.5 Å². The summed E-state index contributed by atoms with van der Waals surface area (Å²) in [5.41, 5.74) is 10.6. The van der Waals surface area contributed by atoms with E-state index in [2.05, 4.69) is 20.3 Å². The summed E-state index contributed by atoms with van der Waals surface area (Å²) >= 11 is 0. The zero-order chi connectivity index (χ0) is 34.2. The fourth-order valence-corrected chi connectivity index (χ4v) is 5.98. The van der Waals surface area contributed by atoms with Gasteiger partial charge in [0, 0.05) is 23.1 Å². The number of nitrogens with zero attached hydrogens (tertiary/aromatic N) is 5. The third-order valence-electron chi connectivity index (χ3n) is 8.46. The van der Waals surface area contributed by atoms with Gasteiger partial charge in [-0.1, -0.05) is 77.9 Å². The van der Waals surface area contributed by atoms with Crippen LogP contribution in [0.3, 0.4) is 0 Å². The molecule has 0 radical (unpaired) electrons. The van der Waals surface area contributed by atoms with Gasteiger partial charge in [0.25, 0.3) is 5.91 Å². The maximum atomic E-state index is 13.2. The lowest BCUT2D eigenvalue weighted by molar-refractivity contribution is -0.0796. The number of aromatic nitrogens is 2. The van der Waals surface area contributed by atoms with E-state index in [1.807, 2.05) is 78.9 Å². The lowest BCUT2D eigenvalue weighted by Gasteiger charge is -2.37. The molecule has 0 aliphatic carbocycles. The topological polar surface area (TPSA) is 150 Å². The molecule has 0 spiro atoms. The van der Waals surface area contributed by atoms with E-state index in [1.165, 1.54) is 16.8 Å². The van der Waals surface area contributed by atoms with Gasteiger partial charge in [-0.3, -0.25) is 9.36 Å². The van der Waals surface area contributed by atoms with Gasteiger partial charge in [-0.2, -0.15) is 4.98 Å². The predicted octanol–water partition coefficient (Wildman–Crippen LogP) is 6.49. The van der Waals surface area contributed by atoms with Gasteiger partial charge in [0.2, 0.25) is 0 Å². The Morgan fingerprint density at radius 1 is 0.898 bits per heavy atom. The fraction of sp³-hybridized carbons (Fsp3) is 0.216. The summed E-state index contributed by atoms with van der Waals surface area (Å²) in [5.74, 6) is 1.09. The van der Waals surface area contributed by atoms with Crippen LogP contribution in [-0.2, 0) is 15.1 Å². The van der Waals surface area contributed by atoms with Crippen LogP contribution in [0.25, 0.3) is 10.4 Å². The number of anilines is 1. The lowest BCUT2D eigenvalue weighted by Crippen LogP contribution is -2.37. The molecule has 12 nitrogen and oxygen atoms in total. The Hall–Kier alpha value is -5.94. The zero-order valence-corrected chi connectivity index (χ0v) is 26.9. The van der Waals surface area contributed by atoms with Crippen LogP contribution in [0.1, 0.15) is 39.7 Å². The summed E-state index contributed by atoms with van der Waals surface area (Å²) in [6.07, 6.45) is 0.194. The average molecular weight is 659 g/mol. The molecule has 0 saturated carbocycles. The number of amides is 1. The second-order valence-electron chi connectivity index (χ2n) is 11.3. The van der Waals surface area contributed by atoms with Gasteiger partial charge in [-0.05, 0) is 64.7 Å². The molecule has 1 N–H and O–H groups in total. The molecule has 1 aromatic heterocycles. The first-order valence-electron chi connectivity index (χ1n) is 15.6. The summed E-state index contributed by atoms with van der Waals surface area (Å²) in [6.45, 7) is 0.000531. The quantitative estimate of drug-likeness (QED) is 0.0697. The highest BCUT2D eigenvalue weighted by molar-refractivity contribution is 6.03. The molecule has 2 heterocycles. The van der Waals surface area contributed by atoms with E-state index >= 15 is 0 Å². The maximum absolute atomic E-state index is 13.2. The molecule has 0 unspecified atom stereocenters. The summed E-state index contributed by atoms with van der Waals surface area (Å²) in [4.78, 5) is 32.9. The van der Waals surface area contributed by atoms with Gasteiger partial charge in [0.1, 0.15) is 29.1 Å². The minimum absolute atomic E-state index is 0.000531. The third kappa shape index (κ3) is 7.02. The molecule has 5 aromatic rings. The average Bonchev–Trinajstić information content (AvgIpc) is 3.55. The highest BCUT2D eigenvalue weighted by atomic mass is 16.6. The standard InChI is InChI=1S/C37H34N6O6/c1-46-29-17-13-27(14-18-29)37(26-11-7-4-8-12-26,28-15-19-30(47-2)20-16-28)48-24-32-31(41-42-38)23-34(49-32)43-22-21-33(40-36(43)45)39-35(44)25-9-5-3-6-10-25/h3-22,31-32,34H,23-24H2,1-2H3,(H,39,40,44,45)/t31-,32+,34+/m0/s1. The van der Waals surface area contributed by atoms with E-state index in [-0.39, 0.29) is 18.8 Å². The number of hydrogen-bond acceptors (Lipinski definition) is 8. The molecule has 6 rings (SSSR count). The van der Waals surface area contributed by atoms with Gasteiger partial charge >= 0.3 is 5.69 Å². The largest absolute Gasteiger partial charge is 0.497 e. The number of ether oxygens (including phenoxy) is 4. The highest BCUT2D eigenvalue weighted by Gasteiger charge is 2.42. The second-order valence-corrected chi connectivity index (χ2v) is 11.3. The van der Waals surface area contributed by atoms with E-state index in [0.717, 1.165) is 16.7 Å². The van der Waals surface area contributed by atoms with Crippen LogP contribution in [0.2, 0.25) is 0 Å². The number of rotatable bonds is 12. The van der Waals surface area contributed by atoms with Crippen molar-refractivity contribution in [3.8, 4) is 11.5 Å². The van der Waals surface area contributed by atoms with Crippen molar-refractivity contribution >= 4 is 11.7 Å². The van der Waals surface area contributed by atoms with Crippen molar-refractivity contribution in [3.63, 3.8) is 0 Å². The van der Waals surface area contributed by atoms with E-state index in [4.69, 9.17) is 18.9 Å². The number of hydrogen-bond donors (Lipinski definition) is 1. The first-order chi connectivity index (χ1) is 23.9. The molecule has 1 amide bonds. The van der Waals surface area contributed by atoms with Crippen molar-refractivity contribution < 1.29 is 23.7 Å². The predicted molar refractivity (Wildman–Crippen MR) is 183 cm³/mol. The molecule has 1 fully saturated rings. The summed E-state index contributed by atoms with van der Waals surface area (Å²) in [6, 6.07) is 34.6. The molecule has 1 aliphatic rings. The Morgan fingerprint density at radius 2 is 1.47 bits per heavy atom. The van der Waals surface area contributed by atoms with Crippen molar-refractivity contribution in [1.82, 2.24) is 9.55 Å². The highest BCUT2D eigenvalue weighted by Crippen LogP contribution is 2.43. The molecule has 248 valence electrons. The minimum atomic E-state index is -1.13. The number of carbonyl (C=O) groups excluding carboxylic acids is 1. The van der Waals surface area contributed by atoms with Crippen LogP contribution in [0.15, 0.2) is 131 Å². The molecule has 12 heteroatoms. The summed E-state index contributed by atoms with van der Waals surface area (Å²) in [7, 11) is 3.22. The smallest absolute Gasteiger partial charge is 0.351 e. The molecular weight excluding hydrogens is 624 g/mol. The monoisotopic (exact) mass is 658 g/mol. The number of carbonyl (C=O) groups is 1. The zero-order valence-electron chi connectivity index (χ0n) is 26.9. The van der Waals surface area contributed by atoms with Crippen LogP contribution in [0, 0.1) is 0 Å². The molecule has 1 saturated heterocycles. The van der Waals surface area contributed by atoms with Crippen LogP contribution in [-0.4, -0.2) is 48.4 Å². The Morgan fingerprint density at radius 3 is 2.02 bits per heavy atom. The third-order valence-corrected chi connectivity index (χ3v) is 8.46. The summed E-state index contributed by atoms with van der Waals surface area (Å²) < 4.78 is 25.5. The van der Waals surface area contributed by atoms with Gasteiger partial charge < -0.3 is 24.3 Å². The van der Waals surface area contributed by atoms with E-state index in [0.29, 0.717) is 17.1 Å². The molecule has 49 heavy (non-hydrogen) atoms. The van der Waals surface area contributed by atoms with Gasteiger partial charge in [-0.15, -0.1) is 0 Å². The SMILES string of the molecule is COc1ccc(C(OC[C@H]2O[C@@H](n3ccc(NC(=O)c4ccccc4)nc3=O)C[C@@H]2N=[N+]=[N-])(c2ccccc2)c2ccc(OC)cc2)cc1. The number of methoxy groups -OCH3 is 2. The van der Waals surface area contributed by atoms with Crippen LogP contribution in [0.4, 0.5) is 5.82 Å². The number of nitrogens with one attached hydrogen (secondary N) is 1. The van der Waals surface area contributed by atoms with E-state index in [1.54, 1.807) is 44.6 Å². The fourth-order valence-electron chi connectivity index (χ4n) is 5.98. The van der Waals surface area contributed by atoms with Gasteiger partial charge in [0.15, 0.2) is 0 Å². The first-order valence-corrected chi connectivity index (χ1v) is 15.6. The van der Waals surface area contributed by atoms with Crippen molar-refractivity contribution in [1.29, 1.82) is 0 Å². The maximum Gasteiger partial charge on any atom is 0.351 e. The Balaban J connectivity index is 1.31. The van der Waals surface area contributed by atoms with Crippen LogP contribution in [0.5, 0.6) is 11.5 Å². The minimum Gasteiger partial charge on any atom is -0.497 e. The molecule has 4 aromatic carbocycles. The Kier molecular flexibility index (Phi) is 10.0. The van der Waals surface area contributed by atoms with Crippen molar-refractivity contribution in [2.75, 3.05) is 26.1 Å². The first kappa shape index (κ1) is 33.0. The van der Waals surface area contributed by atoms with Crippen molar-refractivity contribution in [2.45, 2.75) is 30.4 Å². The van der Waals surface area contributed by atoms with Crippen molar-refractivity contribution in [2.24, 2.45) is 5.11 Å². The van der Waals surface area contributed by atoms with E-state index in [9.17, 15) is 15.1 Å². The Bertz CT molecular complexity index is 1930. The Labute approximate surface area is 282 Å². The summed E-state index contributed by atoms with van der Waals surface area (Å²) in [5, 5.41) is 6.66. The number of azide groups is 1. The second kappa shape index (κ2) is 14.9. The molecule has 0 bridgehead atoms. The molecule has 1 aliphatic heterocycles. The van der Waals surface area contributed by atoms with Crippen LogP contribution >= 0.6 is 0 Å². The van der Waals surface area contributed by atoms with E-state index < -0.39 is 35.6 Å². The molecule has 3 atom stereocenters. The van der Waals surface area contributed by atoms with Gasteiger partial charge in [-0.25, -0.2) is 4.79 Å². The molecular formula is C37H34N6O6.